The van der Waals surface area contributed by atoms with E-state index in [9.17, 15) is 0 Å². The third kappa shape index (κ3) is 2.93. The van der Waals surface area contributed by atoms with Gasteiger partial charge in [-0.15, -0.1) is 22.0 Å². The molecule has 0 aliphatic carbocycles. The molecule has 0 fully saturated rings. The first-order valence-electron chi connectivity index (χ1n) is 8.39. The molecular weight excluding hydrogens is 368 g/mol. The lowest BCUT2D eigenvalue weighted by atomic mass is 10.2. The van der Waals surface area contributed by atoms with E-state index in [4.69, 9.17) is 9.47 Å². The van der Waals surface area contributed by atoms with E-state index in [2.05, 4.69) is 31.9 Å². The highest BCUT2D eigenvalue weighted by molar-refractivity contribution is 8.00. The molecular formula is C18H16N4O2S2. The first-order valence-corrected chi connectivity index (χ1v) is 10.4. The summed E-state index contributed by atoms with van der Waals surface area (Å²) in [5, 5.41) is 9.73. The first-order chi connectivity index (χ1) is 12.9. The van der Waals surface area contributed by atoms with Gasteiger partial charge in [0.2, 0.25) is 0 Å². The first kappa shape index (κ1) is 16.0. The second-order valence-electron chi connectivity index (χ2n) is 5.99. The standard InChI is InChI=1S/C18H16N4O2S2/c1-2-15-16(24-8-7-23-15)9-14(1)25-10-13-11-26-18-21-20-17(22(13)18)12-3-5-19-6-4-12/h1-6,9,13H,7-8,10-11H2/t13-/m1/s1. The molecule has 0 spiro atoms. The average Bonchev–Trinajstić information content (AvgIpc) is 3.29. The molecule has 3 aromatic rings. The Morgan fingerprint density at radius 2 is 1.92 bits per heavy atom. The second-order valence-corrected chi connectivity index (χ2v) is 8.07. The fourth-order valence-electron chi connectivity index (χ4n) is 3.08. The average molecular weight is 384 g/mol. The Kier molecular flexibility index (Phi) is 4.22. The Morgan fingerprint density at radius 3 is 2.81 bits per heavy atom. The van der Waals surface area contributed by atoms with E-state index in [0.29, 0.717) is 19.3 Å². The predicted molar refractivity (Wildman–Crippen MR) is 101 cm³/mol. The molecule has 2 aliphatic heterocycles. The number of benzene rings is 1. The van der Waals surface area contributed by atoms with E-state index in [0.717, 1.165) is 39.5 Å². The monoisotopic (exact) mass is 384 g/mol. The Balaban J connectivity index is 1.35. The molecule has 0 amide bonds. The molecule has 0 bridgehead atoms. The summed E-state index contributed by atoms with van der Waals surface area (Å²) in [6, 6.07) is 10.5. The molecule has 0 N–H and O–H groups in total. The number of hydrogen-bond acceptors (Lipinski definition) is 7. The molecule has 1 aromatic carbocycles. The SMILES string of the molecule is c1cc(-c2nnc3n2[C@H](CSc2ccc4c(c2)OCCO4)CS3)ccn1. The zero-order valence-corrected chi connectivity index (χ0v) is 15.5. The lowest BCUT2D eigenvalue weighted by Gasteiger charge is -2.19. The number of hydrogen-bond donors (Lipinski definition) is 0. The van der Waals surface area contributed by atoms with Crippen LogP contribution in [0.15, 0.2) is 52.8 Å². The van der Waals surface area contributed by atoms with Crippen molar-refractivity contribution in [3.63, 3.8) is 0 Å². The van der Waals surface area contributed by atoms with Gasteiger partial charge in [0.25, 0.3) is 0 Å². The zero-order chi connectivity index (χ0) is 17.3. The fourth-order valence-corrected chi connectivity index (χ4v) is 5.31. The van der Waals surface area contributed by atoms with Gasteiger partial charge in [-0.3, -0.25) is 9.55 Å². The number of thioether (sulfide) groups is 2. The van der Waals surface area contributed by atoms with Crippen LogP contribution in [-0.4, -0.2) is 44.5 Å². The molecule has 0 saturated carbocycles. The van der Waals surface area contributed by atoms with E-state index < -0.39 is 0 Å². The summed E-state index contributed by atoms with van der Waals surface area (Å²) in [7, 11) is 0. The van der Waals surface area contributed by atoms with Crippen molar-refractivity contribution in [2.45, 2.75) is 16.1 Å². The van der Waals surface area contributed by atoms with Crippen molar-refractivity contribution in [1.82, 2.24) is 19.7 Å². The molecule has 8 heteroatoms. The summed E-state index contributed by atoms with van der Waals surface area (Å²) in [6.07, 6.45) is 3.58. The van der Waals surface area contributed by atoms with Crippen LogP contribution in [-0.2, 0) is 0 Å². The predicted octanol–water partition coefficient (Wildman–Crippen LogP) is 3.55. The molecule has 0 radical (unpaired) electrons. The van der Waals surface area contributed by atoms with Crippen LogP contribution in [0.4, 0.5) is 0 Å². The maximum Gasteiger partial charge on any atom is 0.191 e. The topological polar surface area (TPSA) is 62.1 Å². The van der Waals surface area contributed by atoms with Crippen LogP contribution >= 0.6 is 23.5 Å². The van der Waals surface area contributed by atoms with Crippen LogP contribution in [0.1, 0.15) is 6.04 Å². The lowest BCUT2D eigenvalue weighted by molar-refractivity contribution is 0.171. The number of pyridine rings is 1. The van der Waals surface area contributed by atoms with Crippen molar-refractivity contribution in [3.8, 4) is 22.9 Å². The number of aromatic nitrogens is 4. The van der Waals surface area contributed by atoms with Crippen molar-refractivity contribution >= 4 is 23.5 Å². The molecule has 132 valence electrons. The van der Waals surface area contributed by atoms with Crippen LogP contribution in [0.3, 0.4) is 0 Å². The molecule has 2 aliphatic rings. The minimum atomic E-state index is 0.353. The quantitative estimate of drug-likeness (QED) is 0.638. The van der Waals surface area contributed by atoms with Gasteiger partial charge in [-0.1, -0.05) is 11.8 Å². The Hall–Kier alpha value is -2.19. The largest absolute Gasteiger partial charge is 0.486 e. The van der Waals surface area contributed by atoms with Crippen LogP contribution in [0.2, 0.25) is 0 Å². The molecule has 26 heavy (non-hydrogen) atoms. The van der Waals surface area contributed by atoms with Crippen LogP contribution in [0.25, 0.3) is 11.4 Å². The van der Waals surface area contributed by atoms with Gasteiger partial charge in [-0.05, 0) is 30.3 Å². The highest BCUT2D eigenvalue weighted by Crippen LogP contribution is 2.40. The van der Waals surface area contributed by atoms with Crippen molar-refractivity contribution in [1.29, 1.82) is 0 Å². The Morgan fingerprint density at radius 1 is 1.08 bits per heavy atom. The highest BCUT2D eigenvalue weighted by atomic mass is 32.2. The van der Waals surface area contributed by atoms with E-state index in [1.54, 1.807) is 24.2 Å². The van der Waals surface area contributed by atoms with Crippen LogP contribution in [0, 0.1) is 0 Å². The molecule has 0 unspecified atom stereocenters. The summed E-state index contributed by atoms with van der Waals surface area (Å²) < 4.78 is 13.5. The molecule has 6 nitrogen and oxygen atoms in total. The summed E-state index contributed by atoms with van der Waals surface area (Å²) in [6.45, 7) is 1.23. The summed E-state index contributed by atoms with van der Waals surface area (Å²) >= 11 is 3.59. The minimum absolute atomic E-state index is 0.353. The summed E-state index contributed by atoms with van der Waals surface area (Å²) in [5.74, 6) is 4.55. The van der Waals surface area contributed by atoms with E-state index in [1.165, 1.54) is 4.90 Å². The second kappa shape index (κ2) is 6.85. The van der Waals surface area contributed by atoms with Gasteiger partial charge < -0.3 is 9.47 Å². The highest BCUT2D eigenvalue weighted by Gasteiger charge is 2.28. The minimum Gasteiger partial charge on any atom is -0.486 e. The third-order valence-electron chi connectivity index (χ3n) is 4.33. The van der Waals surface area contributed by atoms with Crippen LogP contribution < -0.4 is 9.47 Å². The molecule has 1 atom stereocenters. The summed E-state index contributed by atoms with van der Waals surface area (Å²) in [4.78, 5) is 5.28. The summed E-state index contributed by atoms with van der Waals surface area (Å²) in [5.41, 5.74) is 1.05. The molecule has 5 rings (SSSR count). The smallest absolute Gasteiger partial charge is 0.191 e. The number of ether oxygens (including phenoxy) is 2. The van der Waals surface area contributed by atoms with E-state index >= 15 is 0 Å². The number of rotatable bonds is 4. The number of fused-ring (bicyclic) bond motifs is 2. The van der Waals surface area contributed by atoms with Gasteiger partial charge in [0, 0.05) is 34.4 Å². The zero-order valence-electron chi connectivity index (χ0n) is 13.9. The van der Waals surface area contributed by atoms with Gasteiger partial charge in [-0.25, -0.2) is 0 Å². The van der Waals surface area contributed by atoms with Crippen molar-refractivity contribution in [2.75, 3.05) is 24.7 Å². The maximum absolute atomic E-state index is 5.68. The molecule has 0 saturated heterocycles. The molecule has 4 heterocycles. The van der Waals surface area contributed by atoms with Gasteiger partial charge in [0.05, 0.1) is 6.04 Å². The Labute approximate surface area is 159 Å². The van der Waals surface area contributed by atoms with Crippen LogP contribution in [0.5, 0.6) is 11.5 Å². The van der Waals surface area contributed by atoms with E-state index in [-0.39, 0.29) is 0 Å². The van der Waals surface area contributed by atoms with Crippen molar-refractivity contribution < 1.29 is 9.47 Å². The third-order valence-corrected chi connectivity index (χ3v) is 6.56. The number of nitrogens with zero attached hydrogens (tertiary/aromatic N) is 4. The maximum atomic E-state index is 5.68. The lowest BCUT2D eigenvalue weighted by Crippen LogP contribution is -2.15. The Bertz CT molecular complexity index is 932. The van der Waals surface area contributed by atoms with Gasteiger partial charge in [0.15, 0.2) is 22.5 Å². The fraction of sp³-hybridized carbons (Fsp3) is 0.278. The normalized spacial score (nSPS) is 17.9. The van der Waals surface area contributed by atoms with Gasteiger partial charge in [-0.2, -0.15) is 0 Å². The molecule has 2 aromatic heterocycles. The van der Waals surface area contributed by atoms with Gasteiger partial charge in [0.1, 0.15) is 13.2 Å². The van der Waals surface area contributed by atoms with Crippen molar-refractivity contribution in [3.05, 3.63) is 42.7 Å². The van der Waals surface area contributed by atoms with Gasteiger partial charge >= 0.3 is 0 Å². The van der Waals surface area contributed by atoms with Crippen molar-refractivity contribution in [2.24, 2.45) is 0 Å². The van der Waals surface area contributed by atoms with E-state index in [1.807, 2.05) is 30.0 Å².